The Kier molecular flexibility index (Phi) is 2.59. The summed E-state index contributed by atoms with van der Waals surface area (Å²) in [4.78, 5) is 13.8. The normalized spacial score (nSPS) is 10.6. The lowest BCUT2D eigenvalue weighted by atomic mass is 10.2. The number of nitrogens with zero attached hydrogens (tertiary/aromatic N) is 1. The molecule has 0 bridgehead atoms. The molecular weight excluding hydrogens is 199 g/mol. The molecule has 1 aromatic heterocycles. The van der Waals surface area contributed by atoms with Crippen molar-refractivity contribution in [3.63, 3.8) is 0 Å². The van der Waals surface area contributed by atoms with Gasteiger partial charge in [-0.2, -0.15) is 0 Å². The van der Waals surface area contributed by atoms with E-state index in [1.807, 2.05) is 0 Å². The second kappa shape index (κ2) is 3.52. The van der Waals surface area contributed by atoms with Crippen molar-refractivity contribution < 1.29 is 18.0 Å². The first-order chi connectivity index (χ1) is 6.43. The van der Waals surface area contributed by atoms with E-state index in [9.17, 15) is 18.0 Å². The van der Waals surface area contributed by atoms with Crippen LogP contribution in [0, 0.1) is 5.82 Å². The van der Waals surface area contributed by atoms with Crippen molar-refractivity contribution in [1.29, 1.82) is 0 Å². The molecule has 0 atom stereocenters. The zero-order chi connectivity index (χ0) is 10.9. The maximum absolute atomic E-state index is 12.7. The molecule has 1 amide bonds. The summed E-state index contributed by atoms with van der Waals surface area (Å²) in [5.74, 6) is -2.92. The summed E-state index contributed by atoms with van der Waals surface area (Å²) in [5.41, 5.74) is 8.18. The van der Waals surface area contributed by atoms with Gasteiger partial charge in [0.2, 0.25) is 0 Å². The number of nitrogens with two attached hydrogens (primary N) is 2. The molecule has 0 saturated heterocycles. The van der Waals surface area contributed by atoms with Gasteiger partial charge in [-0.1, -0.05) is 0 Å². The van der Waals surface area contributed by atoms with E-state index in [1.54, 1.807) is 0 Å². The Morgan fingerprint density at radius 2 is 2.07 bits per heavy atom. The fourth-order valence-corrected chi connectivity index (χ4v) is 0.881. The highest BCUT2D eigenvalue weighted by molar-refractivity contribution is 5.92. The van der Waals surface area contributed by atoms with Gasteiger partial charge >= 0.3 is 0 Å². The Hall–Kier alpha value is -1.79. The van der Waals surface area contributed by atoms with Crippen LogP contribution in [0.3, 0.4) is 0 Å². The first kappa shape index (κ1) is 10.3. The van der Waals surface area contributed by atoms with Crippen LogP contribution < -0.4 is 11.5 Å². The number of nitrogen functional groups attached to an aromatic ring is 1. The van der Waals surface area contributed by atoms with Crippen LogP contribution in [0.25, 0.3) is 0 Å². The number of primary amides is 1. The maximum Gasteiger partial charge on any atom is 0.267 e. The quantitative estimate of drug-likeness (QED) is 0.750. The zero-order valence-corrected chi connectivity index (χ0v) is 6.80. The van der Waals surface area contributed by atoms with Gasteiger partial charge in [0.05, 0.1) is 5.56 Å². The lowest BCUT2D eigenvalue weighted by Gasteiger charge is -2.06. The minimum absolute atomic E-state index is 0.451. The third-order valence-electron chi connectivity index (χ3n) is 1.50. The number of alkyl halides is 2. The third kappa shape index (κ3) is 1.76. The fourth-order valence-electron chi connectivity index (χ4n) is 0.881. The molecule has 0 fully saturated rings. The first-order valence-electron chi connectivity index (χ1n) is 3.47. The summed E-state index contributed by atoms with van der Waals surface area (Å²) in [5, 5.41) is 0. The number of pyridine rings is 1. The van der Waals surface area contributed by atoms with E-state index in [2.05, 4.69) is 4.98 Å². The summed E-state index contributed by atoms with van der Waals surface area (Å²) >= 11 is 0. The molecule has 0 aliphatic heterocycles. The van der Waals surface area contributed by atoms with E-state index in [0.29, 0.717) is 6.07 Å². The van der Waals surface area contributed by atoms with E-state index in [-0.39, 0.29) is 0 Å². The van der Waals surface area contributed by atoms with Gasteiger partial charge < -0.3 is 11.5 Å². The summed E-state index contributed by atoms with van der Waals surface area (Å²) in [6.45, 7) is 0. The molecule has 1 rings (SSSR count). The van der Waals surface area contributed by atoms with Gasteiger partial charge in [0.15, 0.2) is 11.6 Å². The standard InChI is InChI=1S/C7H6F3N3O/c8-3-1-2(5(9)10)4(7(12)14)13-6(3)11/h1,5H,(H2,11,13)(H2,12,14). The van der Waals surface area contributed by atoms with Crippen LogP contribution in [-0.4, -0.2) is 10.9 Å². The molecule has 4 N–H and O–H groups in total. The van der Waals surface area contributed by atoms with Gasteiger partial charge in [0.1, 0.15) is 5.69 Å². The molecule has 14 heavy (non-hydrogen) atoms. The number of carbonyl (C=O) groups excluding carboxylic acids is 1. The van der Waals surface area contributed by atoms with Crippen LogP contribution in [0.4, 0.5) is 19.0 Å². The van der Waals surface area contributed by atoms with Crippen LogP contribution in [0.1, 0.15) is 22.5 Å². The Morgan fingerprint density at radius 1 is 1.50 bits per heavy atom. The number of halogens is 3. The summed E-state index contributed by atoms with van der Waals surface area (Å²) in [7, 11) is 0. The highest BCUT2D eigenvalue weighted by Gasteiger charge is 2.20. The smallest absolute Gasteiger partial charge is 0.267 e. The van der Waals surface area contributed by atoms with Gasteiger partial charge in [-0.05, 0) is 6.07 Å². The average Bonchev–Trinajstić information content (AvgIpc) is 2.08. The topological polar surface area (TPSA) is 82.0 Å². The van der Waals surface area contributed by atoms with Crippen LogP contribution >= 0.6 is 0 Å². The van der Waals surface area contributed by atoms with Crippen LogP contribution in [0.2, 0.25) is 0 Å². The highest BCUT2D eigenvalue weighted by Crippen LogP contribution is 2.24. The largest absolute Gasteiger partial charge is 0.381 e. The van der Waals surface area contributed by atoms with Crippen molar-refractivity contribution >= 4 is 11.7 Å². The van der Waals surface area contributed by atoms with Crippen molar-refractivity contribution in [2.45, 2.75) is 6.43 Å². The Morgan fingerprint density at radius 3 is 2.50 bits per heavy atom. The number of hydrogen-bond donors (Lipinski definition) is 2. The lowest BCUT2D eigenvalue weighted by Crippen LogP contribution is -2.18. The van der Waals surface area contributed by atoms with Gasteiger partial charge in [-0.3, -0.25) is 4.79 Å². The Labute approximate surface area is 76.7 Å². The summed E-state index contributed by atoms with van der Waals surface area (Å²) in [6, 6.07) is 0.451. The van der Waals surface area contributed by atoms with Crippen molar-refractivity contribution in [2.75, 3.05) is 5.73 Å². The molecule has 1 heterocycles. The molecule has 0 saturated carbocycles. The predicted molar refractivity (Wildman–Crippen MR) is 42.1 cm³/mol. The number of carbonyl (C=O) groups is 1. The van der Waals surface area contributed by atoms with E-state index < -0.39 is 35.2 Å². The molecule has 4 nitrogen and oxygen atoms in total. The minimum atomic E-state index is -3.03. The van der Waals surface area contributed by atoms with Crippen LogP contribution in [0.15, 0.2) is 6.07 Å². The first-order valence-corrected chi connectivity index (χ1v) is 3.47. The van der Waals surface area contributed by atoms with Gasteiger partial charge in [0, 0.05) is 0 Å². The van der Waals surface area contributed by atoms with E-state index in [1.165, 1.54) is 0 Å². The number of rotatable bonds is 2. The van der Waals surface area contributed by atoms with Crippen molar-refractivity contribution in [1.82, 2.24) is 4.98 Å². The van der Waals surface area contributed by atoms with Crippen molar-refractivity contribution in [3.05, 3.63) is 23.1 Å². The zero-order valence-electron chi connectivity index (χ0n) is 6.80. The number of aromatic nitrogens is 1. The third-order valence-corrected chi connectivity index (χ3v) is 1.50. The molecule has 0 aliphatic rings. The molecule has 0 spiro atoms. The average molecular weight is 205 g/mol. The lowest BCUT2D eigenvalue weighted by molar-refractivity contribution is 0.0980. The maximum atomic E-state index is 12.7. The summed E-state index contributed by atoms with van der Waals surface area (Å²) in [6.07, 6.45) is -3.03. The van der Waals surface area contributed by atoms with Crippen molar-refractivity contribution in [2.24, 2.45) is 5.73 Å². The molecule has 76 valence electrons. The van der Waals surface area contributed by atoms with Gasteiger partial charge in [-0.25, -0.2) is 18.2 Å². The number of amides is 1. The van der Waals surface area contributed by atoms with Crippen LogP contribution in [-0.2, 0) is 0 Å². The molecule has 7 heteroatoms. The van der Waals surface area contributed by atoms with E-state index in [4.69, 9.17) is 11.5 Å². The van der Waals surface area contributed by atoms with Gasteiger partial charge in [-0.15, -0.1) is 0 Å². The molecule has 0 aliphatic carbocycles. The van der Waals surface area contributed by atoms with E-state index >= 15 is 0 Å². The van der Waals surface area contributed by atoms with Crippen LogP contribution in [0.5, 0.6) is 0 Å². The molecule has 0 aromatic carbocycles. The fraction of sp³-hybridized carbons (Fsp3) is 0.143. The second-order valence-corrected chi connectivity index (χ2v) is 2.46. The number of hydrogen-bond acceptors (Lipinski definition) is 3. The molecular formula is C7H6F3N3O. The monoisotopic (exact) mass is 205 g/mol. The predicted octanol–water partition coefficient (Wildman–Crippen LogP) is 0.839. The molecule has 0 unspecified atom stereocenters. The second-order valence-electron chi connectivity index (χ2n) is 2.46. The molecule has 1 aromatic rings. The molecule has 0 radical (unpaired) electrons. The number of anilines is 1. The minimum Gasteiger partial charge on any atom is -0.381 e. The SMILES string of the molecule is NC(=O)c1nc(N)c(F)cc1C(F)F. The van der Waals surface area contributed by atoms with Crippen molar-refractivity contribution in [3.8, 4) is 0 Å². The highest BCUT2D eigenvalue weighted by atomic mass is 19.3. The Bertz CT molecular complexity index is 381. The van der Waals surface area contributed by atoms with E-state index in [0.717, 1.165) is 0 Å². The Balaban J connectivity index is 3.39. The van der Waals surface area contributed by atoms with Gasteiger partial charge in [0.25, 0.3) is 12.3 Å². The summed E-state index contributed by atoms with van der Waals surface area (Å²) < 4.78 is 37.2.